The molecule has 1 heterocycles. The molecule has 7 nitrogen and oxygen atoms in total. The van der Waals surface area contributed by atoms with Crippen LogP contribution in [0.25, 0.3) is 10.9 Å². The van der Waals surface area contributed by atoms with Gasteiger partial charge in [0.05, 0.1) is 28.5 Å². The molecule has 2 aromatic carbocycles. The molecule has 0 bridgehead atoms. The lowest BCUT2D eigenvalue weighted by Gasteiger charge is -2.18. The van der Waals surface area contributed by atoms with Crippen molar-refractivity contribution in [1.82, 2.24) is 9.55 Å². The second-order valence-electron chi connectivity index (χ2n) is 6.11. The van der Waals surface area contributed by atoms with E-state index in [1.807, 2.05) is 25.1 Å². The largest absolute Gasteiger partial charge is 0.383 e. The molecule has 1 aromatic heterocycles. The molecule has 140 valence electrons. The number of fused-ring (bicyclic) bond motifs is 1. The van der Waals surface area contributed by atoms with Crippen molar-refractivity contribution in [3.8, 4) is 0 Å². The molecule has 1 unspecified atom stereocenters. The Morgan fingerprint density at radius 1 is 1.26 bits per heavy atom. The highest BCUT2D eigenvalue weighted by molar-refractivity contribution is 7.98. The highest BCUT2D eigenvalue weighted by Crippen LogP contribution is 2.26. The quantitative estimate of drug-likeness (QED) is 0.266. The molecule has 0 saturated heterocycles. The van der Waals surface area contributed by atoms with E-state index in [9.17, 15) is 14.9 Å². The highest BCUT2D eigenvalue weighted by atomic mass is 32.2. The van der Waals surface area contributed by atoms with Crippen LogP contribution < -0.4 is 5.56 Å². The lowest BCUT2D eigenvalue weighted by atomic mass is 10.2. The Hall–Kier alpha value is -2.71. The molecule has 0 aliphatic heterocycles. The predicted molar refractivity (Wildman–Crippen MR) is 105 cm³/mol. The summed E-state index contributed by atoms with van der Waals surface area (Å²) in [7, 11) is 1.59. The van der Waals surface area contributed by atoms with Crippen LogP contribution in [0.15, 0.2) is 58.5 Å². The first-order valence-electron chi connectivity index (χ1n) is 8.37. The van der Waals surface area contributed by atoms with Gasteiger partial charge in [-0.15, -0.1) is 0 Å². The third-order valence-corrected chi connectivity index (χ3v) is 5.14. The number of nitro groups is 1. The summed E-state index contributed by atoms with van der Waals surface area (Å²) in [4.78, 5) is 28.2. The Balaban J connectivity index is 1.99. The molecular weight excluding hydrogens is 366 g/mol. The van der Waals surface area contributed by atoms with Gasteiger partial charge in [-0.1, -0.05) is 36.0 Å². The monoisotopic (exact) mass is 385 g/mol. The van der Waals surface area contributed by atoms with Crippen molar-refractivity contribution in [3.63, 3.8) is 0 Å². The van der Waals surface area contributed by atoms with Crippen molar-refractivity contribution < 1.29 is 9.66 Å². The Labute approximate surface area is 160 Å². The van der Waals surface area contributed by atoms with E-state index in [1.54, 1.807) is 29.9 Å². The number of nitro benzene ring substituents is 1. The van der Waals surface area contributed by atoms with Crippen LogP contribution >= 0.6 is 11.8 Å². The van der Waals surface area contributed by atoms with Gasteiger partial charge < -0.3 is 4.74 Å². The topological polar surface area (TPSA) is 87.3 Å². The van der Waals surface area contributed by atoms with E-state index < -0.39 is 4.92 Å². The summed E-state index contributed by atoms with van der Waals surface area (Å²) in [6.07, 6.45) is 0. The zero-order chi connectivity index (χ0) is 19.4. The number of hydrogen-bond acceptors (Lipinski definition) is 6. The number of thioether (sulfide) groups is 1. The van der Waals surface area contributed by atoms with Crippen LogP contribution in [0, 0.1) is 10.1 Å². The summed E-state index contributed by atoms with van der Waals surface area (Å²) < 4.78 is 6.85. The number of ether oxygens (including phenoxy) is 1. The van der Waals surface area contributed by atoms with Gasteiger partial charge >= 0.3 is 0 Å². The highest BCUT2D eigenvalue weighted by Gasteiger charge is 2.17. The lowest BCUT2D eigenvalue weighted by molar-refractivity contribution is -0.384. The van der Waals surface area contributed by atoms with E-state index in [0.29, 0.717) is 28.4 Å². The van der Waals surface area contributed by atoms with Crippen molar-refractivity contribution in [2.24, 2.45) is 0 Å². The number of aromatic nitrogens is 2. The fourth-order valence-electron chi connectivity index (χ4n) is 2.84. The smallest absolute Gasteiger partial charge is 0.269 e. The van der Waals surface area contributed by atoms with E-state index in [1.165, 1.54) is 23.9 Å². The number of nitrogens with zero attached hydrogens (tertiary/aromatic N) is 3. The zero-order valence-corrected chi connectivity index (χ0v) is 15.8. The minimum atomic E-state index is -0.418. The molecule has 0 spiro atoms. The van der Waals surface area contributed by atoms with Crippen molar-refractivity contribution in [2.45, 2.75) is 23.9 Å². The zero-order valence-electron chi connectivity index (χ0n) is 15.0. The SMILES string of the molecule is COCC(C)n1c(SCc2cccc([N+](=O)[O-])c2)nc2ccccc2c1=O. The summed E-state index contributed by atoms with van der Waals surface area (Å²) in [5, 5.41) is 12.1. The third-order valence-electron chi connectivity index (χ3n) is 4.11. The van der Waals surface area contributed by atoms with Gasteiger partial charge in [0.2, 0.25) is 0 Å². The fraction of sp³-hybridized carbons (Fsp3) is 0.263. The summed E-state index contributed by atoms with van der Waals surface area (Å²) in [6, 6.07) is 13.5. The predicted octanol–water partition coefficient (Wildman–Crippen LogP) is 3.80. The van der Waals surface area contributed by atoms with Crippen molar-refractivity contribution in [1.29, 1.82) is 0 Å². The maximum absolute atomic E-state index is 13.0. The maximum Gasteiger partial charge on any atom is 0.269 e. The van der Waals surface area contributed by atoms with Gasteiger partial charge in [0.15, 0.2) is 5.16 Å². The number of hydrogen-bond donors (Lipinski definition) is 0. The molecule has 0 radical (unpaired) electrons. The standard InChI is InChI=1S/C19H19N3O4S/c1-13(11-26-2)21-18(23)16-8-3-4-9-17(16)20-19(21)27-12-14-6-5-7-15(10-14)22(24)25/h3-10,13H,11-12H2,1-2H3. The lowest BCUT2D eigenvalue weighted by Crippen LogP contribution is -2.28. The van der Waals surface area contributed by atoms with Crippen molar-refractivity contribution in [2.75, 3.05) is 13.7 Å². The average Bonchev–Trinajstić information content (AvgIpc) is 2.67. The van der Waals surface area contributed by atoms with Gasteiger partial charge in [-0.3, -0.25) is 19.5 Å². The Bertz CT molecular complexity index is 1030. The second kappa shape index (κ2) is 8.32. The molecule has 0 fully saturated rings. The summed E-state index contributed by atoms with van der Waals surface area (Å²) in [5.74, 6) is 0.464. The van der Waals surface area contributed by atoms with Crippen LogP contribution in [0.2, 0.25) is 0 Å². The number of para-hydroxylation sites is 1. The summed E-state index contributed by atoms with van der Waals surface area (Å²) >= 11 is 1.38. The molecule has 8 heteroatoms. The number of benzene rings is 2. The van der Waals surface area contributed by atoms with Crippen LogP contribution in [0.1, 0.15) is 18.5 Å². The third kappa shape index (κ3) is 4.17. The van der Waals surface area contributed by atoms with Crippen LogP contribution in [0.5, 0.6) is 0 Å². The van der Waals surface area contributed by atoms with Gasteiger partial charge in [0, 0.05) is 25.0 Å². The van der Waals surface area contributed by atoms with Gasteiger partial charge in [0.25, 0.3) is 11.2 Å². The van der Waals surface area contributed by atoms with Crippen LogP contribution in [0.3, 0.4) is 0 Å². The molecule has 3 rings (SSSR count). The van der Waals surface area contributed by atoms with E-state index in [4.69, 9.17) is 4.74 Å². The first kappa shape index (κ1) is 19.1. The Morgan fingerprint density at radius 2 is 2.04 bits per heavy atom. The van der Waals surface area contributed by atoms with Gasteiger partial charge in [0.1, 0.15) is 0 Å². The van der Waals surface area contributed by atoms with Gasteiger partial charge in [-0.25, -0.2) is 4.98 Å². The van der Waals surface area contributed by atoms with Crippen LogP contribution in [-0.2, 0) is 10.5 Å². The summed E-state index contributed by atoms with van der Waals surface area (Å²) in [6.45, 7) is 2.28. The van der Waals surface area contributed by atoms with E-state index in [-0.39, 0.29) is 17.3 Å². The molecule has 0 amide bonds. The fourth-order valence-corrected chi connectivity index (χ4v) is 3.88. The van der Waals surface area contributed by atoms with E-state index >= 15 is 0 Å². The molecule has 0 aliphatic carbocycles. The van der Waals surface area contributed by atoms with Gasteiger partial charge in [-0.2, -0.15) is 0 Å². The van der Waals surface area contributed by atoms with Crippen LogP contribution in [0.4, 0.5) is 5.69 Å². The van der Waals surface area contributed by atoms with E-state index in [2.05, 4.69) is 4.98 Å². The minimum absolute atomic E-state index is 0.0460. The molecule has 1 atom stereocenters. The van der Waals surface area contributed by atoms with Gasteiger partial charge in [-0.05, 0) is 24.6 Å². The Kier molecular flexibility index (Phi) is 5.88. The molecule has 3 aromatic rings. The Morgan fingerprint density at radius 3 is 2.78 bits per heavy atom. The first-order valence-corrected chi connectivity index (χ1v) is 9.36. The molecular formula is C19H19N3O4S. The molecule has 0 aliphatic rings. The number of non-ortho nitro benzene ring substituents is 1. The molecule has 27 heavy (non-hydrogen) atoms. The van der Waals surface area contributed by atoms with Crippen LogP contribution in [-0.4, -0.2) is 28.2 Å². The van der Waals surface area contributed by atoms with E-state index in [0.717, 1.165) is 5.56 Å². The normalized spacial score (nSPS) is 12.2. The number of rotatable bonds is 7. The minimum Gasteiger partial charge on any atom is -0.383 e. The van der Waals surface area contributed by atoms with Crippen molar-refractivity contribution in [3.05, 3.63) is 74.6 Å². The summed E-state index contributed by atoms with van der Waals surface area (Å²) in [5.41, 5.74) is 1.35. The number of methoxy groups -OCH3 is 1. The molecule has 0 N–H and O–H groups in total. The van der Waals surface area contributed by atoms with Crippen molar-refractivity contribution >= 4 is 28.4 Å². The first-order chi connectivity index (χ1) is 13.0. The second-order valence-corrected chi connectivity index (χ2v) is 7.05. The maximum atomic E-state index is 13.0. The molecule has 0 saturated carbocycles. The average molecular weight is 385 g/mol.